The SMILES string of the molecule is CCC(=O)C(c1c[nH]cn1)C(N)C(=O)O. The molecule has 0 fully saturated rings. The van der Waals surface area contributed by atoms with Gasteiger partial charge in [0.25, 0.3) is 0 Å². The fraction of sp³-hybridized carbons (Fsp3) is 0.444. The number of hydrogen-bond acceptors (Lipinski definition) is 4. The van der Waals surface area contributed by atoms with Crippen LogP contribution in [0.5, 0.6) is 0 Å². The van der Waals surface area contributed by atoms with Crippen LogP contribution in [0.4, 0.5) is 0 Å². The minimum Gasteiger partial charge on any atom is -0.480 e. The summed E-state index contributed by atoms with van der Waals surface area (Å²) < 4.78 is 0. The molecule has 1 aromatic heterocycles. The zero-order valence-corrected chi connectivity index (χ0v) is 8.30. The molecule has 4 N–H and O–H groups in total. The molecular formula is C9H13N3O3. The normalized spacial score (nSPS) is 14.5. The van der Waals surface area contributed by atoms with E-state index in [2.05, 4.69) is 9.97 Å². The molecule has 0 saturated carbocycles. The number of nitrogens with one attached hydrogen (secondary N) is 1. The minimum atomic E-state index is -1.25. The number of carbonyl (C=O) groups excluding carboxylic acids is 1. The van der Waals surface area contributed by atoms with Crippen LogP contribution in [0.2, 0.25) is 0 Å². The van der Waals surface area contributed by atoms with Crippen molar-refractivity contribution in [1.29, 1.82) is 0 Å². The number of imidazole rings is 1. The van der Waals surface area contributed by atoms with Gasteiger partial charge in [-0.15, -0.1) is 0 Å². The predicted octanol–water partition coefficient (Wildman–Crippen LogP) is -0.116. The summed E-state index contributed by atoms with van der Waals surface area (Å²) in [6.07, 6.45) is 3.11. The van der Waals surface area contributed by atoms with Gasteiger partial charge in [-0.3, -0.25) is 9.59 Å². The van der Waals surface area contributed by atoms with Crippen molar-refractivity contribution in [2.45, 2.75) is 25.3 Å². The van der Waals surface area contributed by atoms with Crippen molar-refractivity contribution in [3.8, 4) is 0 Å². The van der Waals surface area contributed by atoms with Gasteiger partial charge in [0, 0.05) is 12.6 Å². The molecule has 1 aromatic rings. The average molecular weight is 211 g/mol. The summed E-state index contributed by atoms with van der Waals surface area (Å²) in [4.78, 5) is 28.8. The molecule has 0 bridgehead atoms. The summed E-state index contributed by atoms with van der Waals surface area (Å²) in [6, 6.07) is -1.25. The van der Waals surface area contributed by atoms with Crippen LogP contribution in [0, 0.1) is 0 Å². The molecule has 2 atom stereocenters. The highest BCUT2D eigenvalue weighted by molar-refractivity contribution is 5.91. The van der Waals surface area contributed by atoms with E-state index in [-0.39, 0.29) is 12.2 Å². The van der Waals surface area contributed by atoms with Crippen LogP contribution < -0.4 is 5.73 Å². The fourth-order valence-electron chi connectivity index (χ4n) is 1.35. The Balaban J connectivity index is 2.98. The molecule has 0 saturated heterocycles. The fourth-order valence-corrected chi connectivity index (χ4v) is 1.35. The van der Waals surface area contributed by atoms with Gasteiger partial charge in [-0.25, -0.2) is 4.98 Å². The van der Waals surface area contributed by atoms with E-state index in [0.717, 1.165) is 0 Å². The summed E-state index contributed by atoms with van der Waals surface area (Å²) in [5, 5.41) is 8.78. The zero-order chi connectivity index (χ0) is 11.4. The van der Waals surface area contributed by atoms with E-state index in [1.54, 1.807) is 6.92 Å². The lowest BCUT2D eigenvalue weighted by molar-refractivity contribution is -0.141. The second-order valence-corrected chi connectivity index (χ2v) is 3.16. The molecule has 0 aliphatic heterocycles. The Labute approximate surface area is 86.5 Å². The summed E-state index contributed by atoms with van der Waals surface area (Å²) in [7, 11) is 0. The molecule has 1 heterocycles. The van der Waals surface area contributed by atoms with Gasteiger partial charge in [0.1, 0.15) is 11.8 Å². The van der Waals surface area contributed by atoms with Crippen LogP contribution in [-0.2, 0) is 9.59 Å². The first-order chi connectivity index (χ1) is 7.07. The number of H-pyrrole nitrogens is 1. The minimum absolute atomic E-state index is 0.225. The van der Waals surface area contributed by atoms with Gasteiger partial charge in [0.15, 0.2) is 0 Å². The van der Waals surface area contributed by atoms with Gasteiger partial charge < -0.3 is 15.8 Å². The first kappa shape index (κ1) is 11.4. The molecular weight excluding hydrogens is 198 g/mol. The monoisotopic (exact) mass is 211 g/mol. The van der Waals surface area contributed by atoms with E-state index in [9.17, 15) is 9.59 Å². The Hall–Kier alpha value is -1.69. The molecule has 0 aromatic carbocycles. The van der Waals surface area contributed by atoms with Gasteiger partial charge in [-0.1, -0.05) is 6.92 Å². The Morgan fingerprint density at radius 1 is 1.67 bits per heavy atom. The van der Waals surface area contributed by atoms with Crippen LogP contribution in [0.3, 0.4) is 0 Å². The number of carboxylic acids is 1. The van der Waals surface area contributed by atoms with Crippen LogP contribution >= 0.6 is 0 Å². The van der Waals surface area contributed by atoms with E-state index in [1.165, 1.54) is 12.5 Å². The predicted molar refractivity (Wildman–Crippen MR) is 52.2 cm³/mol. The Bertz CT molecular complexity index is 347. The van der Waals surface area contributed by atoms with Crippen molar-refractivity contribution in [3.05, 3.63) is 18.2 Å². The van der Waals surface area contributed by atoms with Gasteiger partial charge in [0.05, 0.1) is 17.9 Å². The lowest BCUT2D eigenvalue weighted by atomic mass is 9.91. The largest absolute Gasteiger partial charge is 0.480 e. The lowest BCUT2D eigenvalue weighted by Gasteiger charge is -2.16. The highest BCUT2D eigenvalue weighted by Gasteiger charge is 2.32. The van der Waals surface area contributed by atoms with Gasteiger partial charge in [0.2, 0.25) is 0 Å². The average Bonchev–Trinajstić information content (AvgIpc) is 2.70. The van der Waals surface area contributed by atoms with E-state index >= 15 is 0 Å². The first-order valence-electron chi connectivity index (χ1n) is 4.57. The van der Waals surface area contributed by atoms with E-state index in [1.807, 2.05) is 0 Å². The molecule has 0 spiro atoms. The Kier molecular flexibility index (Phi) is 3.56. The topological polar surface area (TPSA) is 109 Å². The number of aliphatic carboxylic acids is 1. The molecule has 0 amide bonds. The van der Waals surface area contributed by atoms with Crippen molar-refractivity contribution in [3.63, 3.8) is 0 Å². The molecule has 0 radical (unpaired) electrons. The molecule has 0 aliphatic carbocycles. The lowest BCUT2D eigenvalue weighted by Crippen LogP contribution is -2.40. The van der Waals surface area contributed by atoms with Gasteiger partial charge in [-0.05, 0) is 0 Å². The Morgan fingerprint density at radius 2 is 2.33 bits per heavy atom. The molecule has 1 rings (SSSR count). The number of Topliss-reactive ketones (excluding diaryl/α,β-unsaturated/α-hetero) is 1. The molecule has 6 nitrogen and oxygen atoms in total. The smallest absolute Gasteiger partial charge is 0.321 e. The summed E-state index contributed by atoms with van der Waals surface area (Å²) in [5.41, 5.74) is 5.83. The van der Waals surface area contributed by atoms with Crippen LogP contribution in [-0.4, -0.2) is 32.9 Å². The van der Waals surface area contributed by atoms with E-state index in [4.69, 9.17) is 10.8 Å². The molecule has 2 unspecified atom stereocenters. The zero-order valence-electron chi connectivity index (χ0n) is 8.30. The van der Waals surface area contributed by atoms with E-state index in [0.29, 0.717) is 5.69 Å². The maximum absolute atomic E-state index is 11.6. The second-order valence-electron chi connectivity index (χ2n) is 3.16. The van der Waals surface area contributed by atoms with Crippen molar-refractivity contribution in [2.24, 2.45) is 5.73 Å². The van der Waals surface area contributed by atoms with E-state index < -0.39 is 17.9 Å². The number of carbonyl (C=O) groups is 2. The summed E-state index contributed by atoms with van der Waals surface area (Å²) in [6.45, 7) is 1.66. The number of ketones is 1. The number of nitrogens with two attached hydrogens (primary N) is 1. The van der Waals surface area contributed by atoms with Crippen LogP contribution in [0.1, 0.15) is 25.0 Å². The quantitative estimate of drug-likeness (QED) is 0.629. The molecule has 6 heteroatoms. The number of hydrogen-bond donors (Lipinski definition) is 3. The summed E-state index contributed by atoms with van der Waals surface area (Å²) >= 11 is 0. The third-order valence-corrected chi connectivity index (χ3v) is 2.18. The number of rotatable bonds is 5. The van der Waals surface area contributed by atoms with Crippen molar-refractivity contribution in [1.82, 2.24) is 9.97 Å². The Morgan fingerprint density at radius 3 is 2.73 bits per heavy atom. The highest BCUT2D eigenvalue weighted by atomic mass is 16.4. The van der Waals surface area contributed by atoms with Crippen LogP contribution in [0.15, 0.2) is 12.5 Å². The third-order valence-electron chi connectivity index (χ3n) is 2.18. The first-order valence-corrected chi connectivity index (χ1v) is 4.57. The number of nitrogens with zero attached hydrogens (tertiary/aromatic N) is 1. The van der Waals surface area contributed by atoms with Crippen molar-refractivity contribution >= 4 is 11.8 Å². The number of carboxylic acid groups (broad SMARTS) is 1. The molecule has 0 aliphatic rings. The number of aromatic amines is 1. The maximum Gasteiger partial charge on any atom is 0.321 e. The van der Waals surface area contributed by atoms with Crippen molar-refractivity contribution in [2.75, 3.05) is 0 Å². The number of aromatic nitrogens is 2. The second kappa shape index (κ2) is 4.70. The van der Waals surface area contributed by atoms with Crippen LogP contribution in [0.25, 0.3) is 0 Å². The van der Waals surface area contributed by atoms with Crippen molar-refractivity contribution < 1.29 is 14.7 Å². The standard InChI is InChI=1S/C9H13N3O3/c1-2-6(13)7(8(10)9(14)15)5-3-11-4-12-5/h3-4,7-8H,2,10H2,1H3,(H,11,12)(H,14,15). The summed E-state index contributed by atoms with van der Waals surface area (Å²) in [5.74, 6) is -2.31. The third kappa shape index (κ3) is 2.41. The molecule has 15 heavy (non-hydrogen) atoms. The van der Waals surface area contributed by atoms with Gasteiger partial charge in [-0.2, -0.15) is 0 Å². The maximum atomic E-state index is 11.6. The highest BCUT2D eigenvalue weighted by Crippen LogP contribution is 2.19. The molecule has 82 valence electrons. The van der Waals surface area contributed by atoms with Gasteiger partial charge >= 0.3 is 5.97 Å².